The van der Waals surface area contributed by atoms with Crippen LogP contribution in [-0.2, 0) is 12.0 Å². The van der Waals surface area contributed by atoms with Gasteiger partial charge in [-0.25, -0.2) is 15.0 Å². The Morgan fingerprint density at radius 2 is 1.83 bits per heavy atom. The van der Waals surface area contributed by atoms with Crippen LogP contribution in [0, 0.1) is 6.92 Å². The summed E-state index contributed by atoms with van der Waals surface area (Å²) in [6.45, 7) is 8.74. The van der Waals surface area contributed by atoms with E-state index < -0.39 is 5.91 Å². The minimum atomic E-state index is -0.520. The number of carbonyl (C=O) groups excluding carboxylic acids is 1. The molecule has 2 aromatic carbocycles. The molecule has 10 heteroatoms. The molecule has 1 amide bonds. The first-order chi connectivity index (χ1) is 20.2. The second-order valence-electron chi connectivity index (χ2n) is 11.8. The molecular weight excluding hydrogens is 526 g/mol. The van der Waals surface area contributed by atoms with Crippen LogP contribution in [0.1, 0.15) is 60.9 Å². The predicted octanol–water partition coefficient (Wildman–Crippen LogP) is 5.60. The zero-order chi connectivity index (χ0) is 29.4. The van der Waals surface area contributed by atoms with Gasteiger partial charge in [0.2, 0.25) is 5.95 Å². The molecule has 1 aliphatic rings. The van der Waals surface area contributed by atoms with Crippen molar-refractivity contribution in [1.29, 1.82) is 0 Å². The molecule has 0 saturated heterocycles. The summed E-state index contributed by atoms with van der Waals surface area (Å²) in [6, 6.07) is 18.4. The lowest BCUT2D eigenvalue weighted by Crippen LogP contribution is -2.19. The Morgan fingerprint density at radius 1 is 1.05 bits per heavy atom. The highest BCUT2D eigenvalue weighted by Gasteiger charge is 2.30. The fraction of sp³-hybridized carbons (Fsp3) is 0.281. The number of imidazole rings is 1. The summed E-state index contributed by atoms with van der Waals surface area (Å²) >= 11 is 0. The lowest BCUT2D eigenvalue weighted by Gasteiger charge is -2.19. The molecule has 0 aliphatic heterocycles. The molecule has 214 valence electrons. The number of anilines is 3. The van der Waals surface area contributed by atoms with Gasteiger partial charge in [0.05, 0.1) is 12.2 Å². The maximum absolute atomic E-state index is 13.0. The highest BCUT2D eigenvalue weighted by molar-refractivity contribution is 5.99. The molecular formula is C32H35N9O. The quantitative estimate of drug-likeness (QED) is 0.214. The van der Waals surface area contributed by atoms with E-state index in [0.29, 0.717) is 30.0 Å². The number of aryl methyl sites for hydroxylation is 1. The Hall–Kier alpha value is -4.99. The van der Waals surface area contributed by atoms with Crippen molar-refractivity contribution < 1.29 is 4.79 Å². The molecule has 0 spiro atoms. The third-order valence-electron chi connectivity index (χ3n) is 7.31. The molecule has 0 unspecified atom stereocenters. The molecule has 1 fully saturated rings. The molecule has 6 rings (SSSR count). The van der Waals surface area contributed by atoms with Crippen LogP contribution in [0.3, 0.4) is 0 Å². The summed E-state index contributed by atoms with van der Waals surface area (Å²) in [6.07, 6.45) is 7.47. The maximum atomic E-state index is 13.0. The molecule has 5 aromatic rings. The van der Waals surface area contributed by atoms with E-state index in [1.165, 1.54) is 0 Å². The number of nitrogens with two attached hydrogens (primary N) is 1. The molecule has 3 heterocycles. The number of aromatic nitrogens is 6. The first-order valence-corrected chi connectivity index (χ1v) is 14.1. The van der Waals surface area contributed by atoms with Crippen molar-refractivity contribution in [3.05, 3.63) is 95.8 Å². The molecule has 1 aliphatic carbocycles. The van der Waals surface area contributed by atoms with Gasteiger partial charge in [-0.1, -0.05) is 63.2 Å². The average Bonchev–Trinajstić information content (AvgIpc) is 3.49. The Bertz CT molecular complexity index is 1740. The summed E-state index contributed by atoms with van der Waals surface area (Å²) in [5.41, 5.74) is 11.4. The van der Waals surface area contributed by atoms with Crippen LogP contribution in [-0.4, -0.2) is 41.2 Å². The molecule has 0 atom stereocenters. The highest BCUT2D eigenvalue weighted by atomic mass is 16.1. The van der Waals surface area contributed by atoms with Crippen molar-refractivity contribution in [3.8, 4) is 16.9 Å². The Balaban J connectivity index is 1.39. The van der Waals surface area contributed by atoms with Crippen molar-refractivity contribution in [2.75, 3.05) is 10.6 Å². The second-order valence-corrected chi connectivity index (χ2v) is 11.8. The van der Waals surface area contributed by atoms with Crippen LogP contribution in [0.25, 0.3) is 16.9 Å². The molecule has 3 aromatic heterocycles. The van der Waals surface area contributed by atoms with E-state index in [9.17, 15) is 4.79 Å². The number of carbonyl (C=O) groups is 1. The first kappa shape index (κ1) is 27.2. The van der Waals surface area contributed by atoms with Gasteiger partial charge in [0.25, 0.3) is 5.91 Å². The zero-order valence-corrected chi connectivity index (χ0v) is 24.3. The van der Waals surface area contributed by atoms with Crippen molar-refractivity contribution >= 4 is 23.4 Å². The number of rotatable bonds is 9. The van der Waals surface area contributed by atoms with E-state index in [2.05, 4.69) is 46.4 Å². The number of hydrogen-bond acceptors (Lipinski definition) is 7. The summed E-state index contributed by atoms with van der Waals surface area (Å²) in [5.74, 6) is 1.59. The van der Waals surface area contributed by atoms with Crippen molar-refractivity contribution in [2.45, 2.75) is 58.5 Å². The van der Waals surface area contributed by atoms with Gasteiger partial charge in [-0.2, -0.15) is 5.10 Å². The number of nitrogens with one attached hydrogen (secondary N) is 2. The van der Waals surface area contributed by atoms with Gasteiger partial charge in [0.15, 0.2) is 0 Å². The lowest BCUT2D eigenvalue weighted by molar-refractivity contribution is 0.0991. The first-order valence-electron chi connectivity index (χ1n) is 14.1. The van der Waals surface area contributed by atoms with E-state index in [0.717, 1.165) is 52.3 Å². The van der Waals surface area contributed by atoms with E-state index in [-0.39, 0.29) is 5.41 Å². The van der Waals surface area contributed by atoms with Gasteiger partial charge in [-0.15, -0.1) is 0 Å². The van der Waals surface area contributed by atoms with Crippen LogP contribution in [0.5, 0.6) is 0 Å². The highest BCUT2D eigenvalue weighted by Crippen LogP contribution is 2.37. The summed E-state index contributed by atoms with van der Waals surface area (Å²) < 4.78 is 3.62. The number of nitrogens with zero attached hydrogens (tertiary/aromatic N) is 6. The van der Waals surface area contributed by atoms with Gasteiger partial charge in [0.1, 0.15) is 23.7 Å². The van der Waals surface area contributed by atoms with Crippen LogP contribution >= 0.6 is 0 Å². The number of benzene rings is 2. The summed E-state index contributed by atoms with van der Waals surface area (Å²) in [4.78, 5) is 26.4. The number of amides is 1. The minimum absolute atomic E-state index is 0.338. The monoisotopic (exact) mass is 561 g/mol. The van der Waals surface area contributed by atoms with Gasteiger partial charge >= 0.3 is 0 Å². The van der Waals surface area contributed by atoms with E-state index in [1.54, 1.807) is 17.2 Å². The number of hydrogen-bond donors (Lipinski definition) is 3. The van der Waals surface area contributed by atoms with Gasteiger partial charge in [0, 0.05) is 41.2 Å². The van der Waals surface area contributed by atoms with E-state index >= 15 is 0 Å². The van der Waals surface area contributed by atoms with Crippen LogP contribution in [0.4, 0.5) is 17.5 Å². The molecule has 1 saturated carbocycles. The topological polar surface area (TPSA) is 129 Å². The van der Waals surface area contributed by atoms with Crippen molar-refractivity contribution in [1.82, 2.24) is 29.3 Å². The third kappa shape index (κ3) is 5.60. The minimum Gasteiger partial charge on any atom is -0.367 e. The van der Waals surface area contributed by atoms with Crippen molar-refractivity contribution in [3.63, 3.8) is 0 Å². The summed E-state index contributed by atoms with van der Waals surface area (Å²) in [5, 5.41) is 11.9. The Morgan fingerprint density at radius 3 is 2.55 bits per heavy atom. The molecule has 42 heavy (non-hydrogen) atoms. The van der Waals surface area contributed by atoms with Crippen molar-refractivity contribution in [2.24, 2.45) is 5.73 Å². The second kappa shape index (κ2) is 10.8. The van der Waals surface area contributed by atoms with Gasteiger partial charge in [-0.3, -0.25) is 14.0 Å². The normalized spacial score (nSPS) is 13.2. The standard InChI is InChI=1S/C32H35N9O/c1-20-10-11-22(27-28(30(33)42)41(39-29(27)32(2,3)4)18-21-8-6-5-7-9-21)16-24(20)38-31-34-14-15-40(31)26-17-25(35-19-36-26)37-23-12-13-23/h5-11,14-17,19,23H,12-13,18H2,1-4H3,(H2,33,42)(H,34,38)(H,35,36,37). The van der Waals surface area contributed by atoms with E-state index in [4.69, 9.17) is 10.8 Å². The smallest absolute Gasteiger partial charge is 0.267 e. The lowest BCUT2D eigenvalue weighted by atomic mass is 9.86. The number of primary amides is 1. The predicted molar refractivity (Wildman–Crippen MR) is 164 cm³/mol. The SMILES string of the molecule is Cc1ccc(-c2c(C(C)(C)C)nn(Cc3ccccc3)c2C(N)=O)cc1Nc1nccn1-c1cc(NC2CC2)ncn1. The van der Waals surface area contributed by atoms with E-state index in [1.807, 2.05) is 72.3 Å². The fourth-order valence-corrected chi connectivity index (χ4v) is 4.99. The largest absolute Gasteiger partial charge is 0.367 e. The Labute approximate surface area is 245 Å². The maximum Gasteiger partial charge on any atom is 0.267 e. The van der Waals surface area contributed by atoms with Crippen LogP contribution < -0.4 is 16.4 Å². The van der Waals surface area contributed by atoms with Gasteiger partial charge in [-0.05, 0) is 42.5 Å². The Kier molecular flexibility index (Phi) is 6.97. The summed E-state index contributed by atoms with van der Waals surface area (Å²) in [7, 11) is 0. The zero-order valence-electron chi connectivity index (χ0n) is 24.3. The molecule has 4 N–H and O–H groups in total. The van der Waals surface area contributed by atoms with Crippen LogP contribution in [0.2, 0.25) is 0 Å². The molecule has 0 radical (unpaired) electrons. The molecule has 10 nitrogen and oxygen atoms in total. The molecule has 0 bridgehead atoms. The van der Waals surface area contributed by atoms with Crippen LogP contribution in [0.15, 0.2) is 73.3 Å². The third-order valence-corrected chi connectivity index (χ3v) is 7.31. The van der Waals surface area contributed by atoms with Gasteiger partial charge < -0.3 is 16.4 Å². The fourth-order valence-electron chi connectivity index (χ4n) is 4.99. The average molecular weight is 562 g/mol.